The number of hydrogen-bond acceptors (Lipinski definition) is 10. The third kappa shape index (κ3) is 7.62. The van der Waals surface area contributed by atoms with Gasteiger partial charge >= 0.3 is 23.9 Å². The summed E-state index contributed by atoms with van der Waals surface area (Å²) in [6, 6.07) is 8.53. The number of carbonyl (C=O) groups excluding carboxylic acids is 2. The second-order valence-electron chi connectivity index (χ2n) is 13.1. The van der Waals surface area contributed by atoms with E-state index < -0.39 is 60.0 Å². The summed E-state index contributed by atoms with van der Waals surface area (Å²) in [4.78, 5) is 52.0. The van der Waals surface area contributed by atoms with Crippen LogP contribution in [0.5, 0.6) is 0 Å². The molecule has 2 unspecified atom stereocenters. The first-order chi connectivity index (χ1) is 22.0. The average molecular weight is 646 g/mol. The van der Waals surface area contributed by atoms with Crippen LogP contribution in [0.3, 0.4) is 0 Å². The lowest BCUT2D eigenvalue weighted by Gasteiger charge is -2.20. The van der Waals surface area contributed by atoms with Gasteiger partial charge in [0.1, 0.15) is 22.6 Å². The molecule has 3 aromatic heterocycles. The number of H-pyrrole nitrogens is 1. The molecule has 15 nitrogen and oxygen atoms in total. The van der Waals surface area contributed by atoms with Gasteiger partial charge < -0.3 is 24.7 Å². The van der Waals surface area contributed by atoms with Crippen LogP contribution >= 0.6 is 0 Å². The maximum Gasteiger partial charge on any atom is 0.329 e. The number of nitrogens with zero attached hydrogens (tertiary/aromatic N) is 6. The minimum Gasteiger partial charge on any atom is -0.480 e. The van der Waals surface area contributed by atoms with Crippen LogP contribution in [0.4, 0.5) is 0 Å². The fourth-order valence-electron chi connectivity index (χ4n) is 5.01. The molecule has 0 saturated heterocycles. The van der Waals surface area contributed by atoms with Gasteiger partial charge in [-0.3, -0.25) is 9.59 Å². The highest BCUT2D eigenvalue weighted by Crippen LogP contribution is 2.33. The van der Waals surface area contributed by atoms with Crippen LogP contribution in [0.1, 0.15) is 66.5 Å². The number of benzene rings is 2. The highest BCUT2D eigenvalue weighted by Gasteiger charge is 2.29. The summed E-state index contributed by atoms with van der Waals surface area (Å²) in [5.74, 6) is -3.83. The van der Waals surface area contributed by atoms with Crippen molar-refractivity contribution in [3.8, 4) is 22.5 Å². The number of carboxylic acid groups (broad SMARTS) is 2. The van der Waals surface area contributed by atoms with Gasteiger partial charge in [-0.1, -0.05) is 22.6 Å². The maximum absolute atomic E-state index is 12.3. The number of carbonyl (C=O) groups is 4. The van der Waals surface area contributed by atoms with Crippen LogP contribution in [0.25, 0.3) is 44.3 Å². The monoisotopic (exact) mass is 645 g/mol. The number of carboxylic acids is 2. The van der Waals surface area contributed by atoms with Crippen molar-refractivity contribution >= 4 is 45.7 Å². The predicted octanol–water partition coefficient (Wildman–Crippen LogP) is 4.55. The molecule has 246 valence electrons. The molecule has 47 heavy (non-hydrogen) atoms. The summed E-state index contributed by atoms with van der Waals surface area (Å²) in [6.07, 6.45) is 2.11. The van der Waals surface area contributed by atoms with Gasteiger partial charge in [-0.2, -0.15) is 0 Å². The molecular formula is C32H35N7O8. The number of rotatable bonds is 10. The Morgan fingerprint density at radius 3 is 1.43 bits per heavy atom. The minimum atomic E-state index is -1.30. The molecule has 0 saturated carbocycles. The molecule has 3 heterocycles. The van der Waals surface area contributed by atoms with Crippen molar-refractivity contribution in [3.05, 3.63) is 48.8 Å². The van der Waals surface area contributed by atoms with Gasteiger partial charge in [0, 0.05) is 32.9 Å². The quantitative estimate of drug-likeness (QED) is 0.179. The molecule has 2 atom stereocenters. The second kappa shape index (κ2) is 12.3. The molecule has 0 aliphatic rings. The fourth-order valence-corrected chi connectivity index (χ4v) is 5.01. The van der Waals surface area contributed by atoms with Gasteiger partial charge in [-0.05, 0) is 65.8 Å². The van der Waals surface area contributed by atoms with Crippen LogP contribution in [0.15, 0.2) is 48.8 Å². The molecule has 0 aliphatic carbocycles. The summed E-state index contributed by atoms with van der Waals surface area (Å²) in [5.41, 5.74) is 2.26. The maximum atomic E-state index is 12.3. The van der Waals surface area contributed by atoms with Gasteiger partial charge in [0.05, 0.1) is 25.2 Å². The zero-order valence-corrected chi connectivity index (χ0v) is 26.7. The lowest BCUT2D eigenvalue weighted by molar-refractivity contribution is -0.159. The molecular weight excluding hydrogens is 610 g/mol. The van der Waals surface area contributed by atoms with Crippen molar-refractivity contribution < 1.29 is 38.9 Å². The smallest absolute Gasteiger partial charge is 0.329 e. The number of esters is 2. The molecule has 5 aromatic rings. The van der Waals surface area contributed by atoms with E-state index in [0.29, 0.717) is 22.5 Å². The van der Waals surface area contributed by atoms with Crippen molar-refractivity contribution in [2.24, 2.45) is 0 Å². The topological polar surface area (TPSA) is 204 Å². The van der Waals surface area contributed by atoms with E-state index >= 15 is 0 Å². The standard InChI is InChI=1S/C32H35N7O8/c1-31(2,3)46-27(40)13-25(29(42)43)38-15-23(34-36-38)17-7-9-21-19(11-17)20-12-18(8-10-22(20)33-21)24-16-39(37-35-24)26(30(44)45)14-28(41)47-32(4,5)6/h7-12,15-16,25-26,33H,13-14H2,1-6H3,(H,42,43)(H,44,45). The van der Waals surface area contributed by atoms with Crippen molar-refractivity contribution in [1.29, 1.82) is 0 Å². The number of hydrogen-bond donors (Lipinski definition) is 3. The Kier molecular flexibility index (Phi) is 8.58. The molecule has 0 aliphatic heterocycles. The number of aromatic amines is 1. The first-order valence-electron chi connectivity index (χ1n) is 14.8. The first-order valence-corrected chi connectivity index (χ1v) is 14.8. The van der Waals surface area contributed by atoms with Crippen LogP contribution in [0.2, 0.25) is 0 Å². The van der Waals surface area contributed by atoms with Gasteiger partial charge in [0.15, 0.2) is 12.1 Å². The first kappa shape index (κ1) is 32.8. The number of fused-ring (bicyclic) bond motifs is 3. The van der Waals surface area contributed by atoms with Crippen molar-refractivity contribution in [2.45, 2.75) is 77.7 Å². The molecule has 3 N–H and O–H groups in total. The molecule has 0 amide bonds. The van der Waals surface area contributed by atoms with E-state index in [9.17, 15) is 29.4 Å². The second-order valence-corrected chi connectivity index (χ2v) is 13.1. The summed E-state index contributed by atoms with van der Waals surface area (Å²) in [5, 5.41) is 37.5. The highest BCUT2D eigenvalue weighted by molar-refractivity contribution is 6.09. The summed E-state index contributed by atoms with van der Waals surface area (Å²) >= 11 is 0. The Bertz CT molecular complexity index is 1850. The van der Waals surface area contributed by atoms with E-state index in [-0.39, 0.29) is 0 Å². The van der Waals surface area contributed by atoms with E-state index in [4.69, 9.17) is 9.47 Å². The third-order valence-corrected chi connectivity index (χ3v) is 6.98. The lowest BCUT2D eigenvalue weighted by Crippen LogP contribution is -2.29. The molecule has 0 radical (unpaired) electrons. The highest BCUT2D eigenvalue weighted by atomic mass is 16.6. The number of aromatic nitrogens is 7. The summed E-state index contributed by atoms with van der Waals surface area (Å²) in [6.45, 7) is 10.2. The number of aliphatic carboxylic acids is 2. The van der Waals surface area contributed by atoms with E-state index in [2.05, 4.69) is 25.6 Å². The van der Waals surface area contributed by atoms with Crippen molar-refractivity contribution in [1.82, 2.24) is 35.0 Å². The van der Waals surface area contributed by atoms with Crippen molar-refractivity contribution in [2.75, 3.05) is 0 Å². The summed E-state index contributed by atoms with van der Waals surface area (Å²) in [7, 11) is 0. The molecule has 0 bridgehead atoms. The Balaban J connectivity index is 1.42. The van der Waals surface area contributed by atoms with E-state index in [1.807, 2.05) is 36.4 Å². The average Bonchev–Trinajstić information content (AvgIpc) is 3.70. The Hall–Kier alpha value is -5.60. The Labute approximate surface area is 268 Å². The Morgan fingerprint density at radius 2 is 1.09 bits per heavy atom. The van der Waals surface area contributed by atoms with Gasteiger partial charge in [-0.25, -0.2) is 19.0 Å². The lowest BCUT2D eigenvalue weighted by atomic mass is 10.0. The zero-order chi connectivity index (χ0) is 34.3. The van der Waals surface area contributed by atoms with Gasteiger partial charge in [0.25, 0.3) is 0 Å². The number of nitrogens with one attached hydrogen (secondary N) is 1. The zero-order valence-electron chi connectivity index (χ0n) is 26.7. The molecule has 15 heteroatoms. The fraction of sp³-hybridized carbons (Fsp3) is 0.375. The Morgan fingerprint density at radius 1 is 0.702 bits per heavy atom. The van der Waals surface area contributed by atoms with Crippen LogP contribution < -0.4 is 0 Å². The molecule has 2 aromatic carbocycles. The van der Waals surface area contributed by atoms with E-state index in [0.717, 1.165) is 31.2 Å². The van der Waals surface area contributed by atoms with E-state index in [1.54, 1.807) is 41.5 Å². The van der Waals surface area contributed by atoms with Gasteiger partial charge in [-0.15, -0.1) is 10.2 Å². The molecule has 5 rings (SSSR count). The molecule has 0 spiro atoms. The van der Waals surface area contributed by atoms with Crippen LogP contribution in [-0.4, -0.2) is 80.3 Å². The van der Waals surface area contributed by atoms with Crippen LogP contribution in [0, 0.1) is 0 Å². The third-order valence-electron chi connectivity index (χ3n) is 6.98. The van der Waals surface area contributed by atoms with Crippen LogP contribution in [-0.2, 0) is 28.7 Å². The SMILES string of the molecule is CC(C)(C)OC(=O)CC(C(=O)O)n1cc(-c2ccc3[nH]c4ccc(-c5cn(C(CC(=O)OC(C)(C)C)C(=O)O)nn5)cc4c3c2)nn1. The summed E-state index contributed by atoms with van der Waals surface area (Å²) < 4.78 is 12.8. The molecule has 0 fully saturated rings. The van der Waals surface area contributed by atoms with E-state index in [1.165, 1.54) is 12.4 Å². The van der Waals surface area contributed by atoms with Crippen molar-refractivity contribution in [3.63, 3.8) is 0 Å². The van der Waals surface area contributed by atoms with Gasteiger partial charge in [0.2, 0.25) is 0 Å². The largest absolute Gasteiger partial charge is 0.480 e. The minimum absolute atomic E-state index is 0.403. The number of ether oxygens (including phenoxy) is 2. The predicted molar refractivity (Wildman–Crippen MR) is 168 cm³/mol. The normalized spacial score (nSPS) is 13.4.